The number of fused-ring (bicyclic) bond motifs is 1. The van der Waals surface area contributed by atoms with Crippen LogP contribution in [0, 0.1) is 0 Å². The van der Waals surface area contributed by atoms with Gasteiger partial charge in [0.2, 0.25) is 5.91 Å². The van der Waals surface area contributed by atoms with Gasteiger partial charge in [0.05, 0.1) is 7.11 Å². The Kier molecular flexibility index (Phi) is 6.27. The van der Waals surface area contributed by atoms with Crippen molar-refractivity contribution in [2.75, 3.05) is 20.7 Å². The summed E-state index contributed by atoms with van der Waals surface area (Å²) in [5, 5.41) is 4.99. The van der Waals surface area contributed by atoms with E-state index in [0.717, 1.165) is 22.1 Å². The molecule has 1 N–H and O–H groups in total. The van der Waals surface area contributed by atoms with Crippen molar-refractivity contribution in [2.24, 2.45) is 0 Å². The number of carbonyl (C=O) groups excluding carboxylic acids is 2. The van der Waals surface area contributed by atoms with Crippen molar-refractivity contribution in [1.29, 1.82) is 0 Å². The molecule has 3 aromatic carbocycles. The number of carbonyl (C=O) groups is 2. The second kappa shape index (κ2) is 9.04. The van der Waals surface area contributed by atoms with Gasteiger partial charge in [0.1, 0.15) is 5.75 Å². The van der Waals surface area contributed by atoms with Crippen LogP contribution in [0.1, 0.15) is 22.3 Å². The van der Waals surface area contributed by atoms with Gasteiger partial charge < -0.3 is 15.0 Å². The Morgan fingerprint density at radius 1 is 0.964 bits per heavy atom. The number of methoxy groups -OCH3 is 1. The van der Waals surface area contributed by atoms with Crippen LogP contribution < -0.4 is 10.1 Å². The highest BCUT2D eigenvalue weighted by molar-refractivity contribution is 5.94. The lowest BCUT2D eigenvalue weighted by Gasteiger charge is -2.18. The van der Waals surface area contributed by atoms with Crippen molar-refractivity contribution < 1.29 is 14.3 Å². The summed E-state index contributed by atoms with van der Waals surface area (Å²) in [5.74, 6) is 0.647. The first-order valence-corrected chi connectivity index (χ1v) is 9.21. The Hall–Kier alpha value is -3.34. The lowest BCUT2D eigenvalue weighted by molar-refractivity contribution is -0.130. The van der Waals surface area contributed by atoms with Gasteiger partial charge in [0.25, 0.3) is 5.91 Å². The normalized spacial score (nSPS) is 10.5. The number of rotatable bonds is 7. The number of hydrogen-bond donors (Lipinski definition) is 1. The van der Waals surface area contributed by atoms with E-state index in [9.17, 15) is 9.59 Å². The largest absolute Gasteiger partial charge is 0.497 e. The van der Waals surface area contributed by atoms with E-state index >= 15 is 0 Å². The van der Waals surface area contributed by atoms with Gasteiger partial charge in [-0.15, -0.1) is 0 Å². The van der Waals surface area contributed by atoms with Crippen molar-refractivity contribution in [2.45, 2.75) is 13.0 Å². The minimum Gasteiger partial charge on any atom is -0.497 e. The van der Waals surface area contributed by atoms with Crippen molar-refractivity contribution in [1.82, 2.24) is 10.2 Å². The Morgan fingerprint density at radius 3 is 2.43 bits per heavy atom. The van der Waals surface area contributed by atoms with Gasteiger partial charge in [0, 0.05) is 32.1 Å². The average molecular weight is 376 g/mol. The number of hydrogen-bond acceptors (Lipinski definition) is 3. The van der Waals surface area contributed by atoms with Crippen molar-refractivity contribution >= 4 is 22.6 Å². The van der Waals surface area contributed by atoms with E-state index in [0.29, 0.717) is 18.7 Å². The maximum atomic E-state index is 12.4. The van der Waals surface area contributed by atoms with Gasteiger partial charge >= 0.3 is 0 Å². The third-order valence-electron chi connectivity index (χ3n) is 4.62. The molecule has 0 saturated heterocycles. The van der Waals surface area contributed by atoms with Crippen LogP contribution in [-0.4, -0.2) is 37.4 Å². The molecule has 0 aliphatic rings. The van der Waals surface area contributed by atoms with Gasteiger partial charge in [-0.2, -0.15) is 0 Å². The highest BCUT2D eigenvalue weighted by atomic mass is 16.5. The molecule has 0 saturated carbocycles. The van der Waals surface area contributed by atoms with Crippen LogP contribution in [0.4, 0.5) is 0 Å². The molecule has 0 bridgehead atoms. The molecule has 5 nitrogen and oxygen atoms in total. The van der Waals surface area contributed by atoms with Crippen LogP contribution in [0.25, 0.3) is 10.8 Å². The summed E-state index contributed by atoms with van der Waals surface area (Å²) in [4.78, 5) is 26.1. The summed E-state index contributed by atoms with van der Waals surface area (Å²) in [7, 11) is 3.43. The van der Waals surface area contributed by atoms with Crippen LogP contribution in [0.15, 0.2) is 66.7 Å². The third-order valence-corrected chi connectivity index (χ3v) is 4.62. The molecule has 0 fully saturated rings. The number of nitrogens with one attached hydrogen (secondary N) is 1. The van der Waals surface area contributed by atoms with E-state index in [1.165, 1.54) is 0 Å². The fraction of sp³-hybridized carbons (Fsp3) is 0.217. The third kappa shape index (κ3) is 4.88. The van der Waals surface area contributed by atoms with Gasteiger partial charge in [-0.05, 0) is 46.7 Å². The highest BCUT2D eigenvalue weighted by Gasteiger charge is 2.11. The lowest BCUT2D eigenvalue weighted by Crippen LogP contribution is -2.31. The lowest BCUT2D eigenvalue weighted by atomic mass is 10.1. The second-order valence-electron chi connectivity index (χ2n) is 6.67. The van der Waals surface area contributed by atoms with Gasteiger partial charge in [-0.3, -0.25) is 9.59 Å². The highest BCUT2D eigenvalue weighted by Crippen LogP contribution is 2.22. The molecular weight excluding hydrogens is 352 g/mol. The molecule has 3 rings (SSSR count). The molecular formula is C23H24N2O3. The molecule has 5 heteroatoms. The summed E-state index contributed by atoms with van der Waals surface area (Å²) in [6.07, 6.45) is 0.264. The van der Waals surface area contributed by atoms with Crippen molar-refractivity contribution in [3.63, 3.8) is 0 Å². The van der Waals surface area contributed by atoms with Crippen LogP contribution >= 0.6 is 0 Å². The SMILES string of the molecule is COc1ccc2cc(CN(C)C(=O)CCNC(=O)c3ccccc3)ccc2c1. The molecule has 0 spiro atoms. The molecule has 0 unspecified atom stereocenters. The Morgan fingerprint density at radius 2 is 1.68 bits per heavy atom. The topological polar surface area (TPSA) is 58.6 Å². The summed E-state index contributed by atoms with van der Waals surface area (Å²) < 4.78 is 5.25. The standard InChI is InChI=1S/C23H24N2O3/c1-25(22(26)12-13-24-23(27)18-6-4-3-5-7-18)16-17-8-9-20-15-21(28-2)11-10-19(20)14-17/h3-11,14-15H,12-13,16H2,1-2H3,(H,24,27). The Bertz CT molecular complexity index is 970. The molecule has 0 atom stereocenters. The summed E-state index contributed by atoms with van der Waals surface area (Å²) >= 11 is 0. The second-order valence-corrected chi connectivity index (χ2v) is 6.67. The smallest absolute Gasteiger partial charge is 0.251 e. The molecule has 0 heterocycles. The van der Waals surface area contributed by atoms with E-state index in [1.807, 2.05) is 48.5 Å². The fourth-order valence-electron chi connectivity index (χ4n) is 3.03. The van der Waals surface area contributed by atoms with E-state index in [-0.39, 0.29) is 18.2 Å². The minimum absolute atomic E-state index is 0.0109. The first kappa shape index (κ1) is 19.4. The van der Waals surface area contributed by atoms with Crippen LogP contribution in [0.5, 0.6) is 5.75 Å². The molecule has 0 radical (unpaired) electrons. The number of nitrogens with zero attached hydrogens (tertiary/aromatic N) is 1. The molecule has 2 amide bonds. The summed E-state index contributed by atoms with van der Waals surface area (Å²) in [5.41, 5.74) is 1.65. The zero-order valence-corrected chi connectivity index (χ0v) is 16.1. The number of amides is 2. The first-order valence-electron chi connectivity index (χ1n) is 9.21. The quantitative estimate of drug-likeness (QED) is 0.685. The molecule has 144 valence electrons. The molecule has 3 aromatic rings. The van der Waals surface area contributed by atoms with E-state index in [4.69, 9.17) is 4.74 Å². The number of benzene rings is 3. The maximum Gasteiger partial charge on any atom is 0.251 e. The van der Waals surface area contributed by atoms with E-state index < -0.39 is 0 Å². The molecule has 28 heavy (non-hydrogen) atoms. The Balaban J connectivity index is 1.52. The predicted octanol–water partition coefficient (Wildman–Crippen LogP) is 3.63. The van der Waals surface area contributed by atoms with Gasteiger partial charge in [-0.1, -0.05) is 36.4 Å². The zero-order chi connectivity index (χ0) is 19.9. The molecule has 0 aliphatic heterocycles. The fourth-order valence-corrected chi connectivity index (χ4v) is 3.03. The van der Waals surface area contributed by atoms with Gasteiger partial charge in [-0.25, -0.2) is 0 Å². The van der Waals surface area contributed by atoms with Crippen LogP contribution in [0.3, 0.4) is 0 Å². The molecule has 0 aliphatic carbocycles. The monoisotopic (exact) mass is 376 g/mol. The van der Waals surface area contributed by atoms with Crippen LogP contribution in [-0.2, 0) is 11.3 Å². The summed E-state index contributed by atoms with van der Waals surface area (Å²) in [6, 6.07) is 21.0. The maximum absolute atomic E-state index is 12.4. The zero-order valence-electron chi connectivity index (χ0n) is 16.1. The van der Waals surface area contributed by atoms with E-state index in [2.05, 4.69) is 11.4 Å². The van der Waals surface area contributed by atoms with Crippen LogP contribution in [0.2, 0.25) is 0 Å². The average Bonchev–Trinajstić information content (AvgIpc) is 2.73. The van der Waals surface area contributed by atoms with Crippen molar-refractivity contribution in [3.05, 3.63) is 77.9 Å². The number of ether oxygens (including phenoxy) is 1. The molecule has 0 aromatic heterocycles. The van der Waals surface area contributed by atoms with Gasteiger partial charge in [0.15, 0.2) is 0 Å². The minimum atomic E-state index is -0.166. The first-order chi connectivity index (χ1) is 13.6. The van der Waals surface area contributed by atoms with Crippen molar-refractivity contribution in [3.8, 4) is 5.75 Å². The predicted molar refractivity (Wildman–Crippen MR) is 110 cm³/mol. The van der Waals surface area contributed by atoms with E-state index in [1.54, 1.807) is 31.2 Å². The Labute approximate surface area is 164 Å². The summed E-state index contributed by atoms with van der Waals surface area (Å²) in [6.45, 7) is 0.835.